The molecule has 1 aromatic heterocycles. The van der Waals surface area contributed by atoms with Crippen molar-refractivity contribution in [2.75, 3.05) is 18.0 Å². The molecule has 1 aromatic rings. The monoisotopic (exact) mass is 253 g/mol. The van der Waals surface area contributed by atoms with Crippen molar-refractivity contribution in [1.82, 2.24) is 10.3 Å². The van der Waals surface area contributed by atoms with Crippen LogP contribution in [-0.2, 0) is 6.54 Å². The molecule has 96 valence electrons. The first-order chi connectivity index (χ1) is 7.96. The van der Waals surface area contributed by atoms with Gasteiger partial charge >= 0.3 is 0 Å². The minimum absolute atomic E-state index is 0.446. The van der Waals surface area contributed by atoms with Gasteiger partial charge in [0, 0.05) is 31.1 Å². The Morgan fingerprint density at radius 1 is 1.53 bits per heavy atom. The third kappa shape index (κ3) is 3.42. The van der Waals surface area contributed by atoms with Crippen molar-refractivity contribution in [1.29, 1.82) is 0 Å². The molecule has 3 nitrogen and oxygen atoms in total. The highest BCUT2D eigenvalue weighted by atomic mass is 32.1. The van der Waals surface area contributed by atoms with Crippen LogP contribution in [0.3, 0.4) is 0 Å². The highest BCUT2D eigenvalue weighted by Gasteiger charge is 2.30. The molecule has 1 fully saturated rings. The first-order valence-electron chi connectivity index (χ1n) is 6.39. The Hall–Kier alpha value is -0.610. The number of anilines is 1. The van der Waals surface area contributed by atoms with E-state index < -0.39 is 0 Å². The van der Waals surface area contributed by atoms with Crippen LogP contribution in [-0.4, -0.2) is 24.1 Å². The van der Waals surface area contributed by atoms with Gasteiger partial charge in [-0.25, -0.2) is 4.98 Å². The second-order valence-corrected chi connectivity index (χ2v) is 6.83. The summed E-state index contributed by atoms with van der Waals surface area (Å²) in [4.78, 5) is 7.13. The third-order valence-corrected chi connectivity index (χ3v) is 4.13. The lowest BCUT2D eigenvalue weighted by atomic mass is 9.93. The van der Waals surface area contributed by atoms with Crippen molar-refractivity contribution >= 4 is 16.5 Å². The zero-order valence-corrected chi connectivity index (χ0v) is 12.1. The molecule has 0 radical (unpaired) electrons. The summed E-state index contributed by atoms with van der Waals surface area (Å²) < 4.78 is 0. The number of aromatic nitrogens is 1. The van der Waals surface area contributed by atoms with Crippen LogP contribution in [0, 0.1) is 5.41 Å². The molecule has 0 unspecified atom stereocenters. The molecule has 4 heteroatoms. The van der Waals surface area contributed by atoms with Crippen LogP contribution in [0.1, 0.15) is 39.8 Å². The van der Waals surface area contributed by atoms with E-state index in [-0.39, 0.29) is 0 Å². The summed E-state index contributed by atoms with van der Waals surface area (Å²) >= 11 is 1.77. The Morgan fingerprint density at radius 2 is 2.29 bits per heavy atom. The SMILES string of the molecule is CC(C)NCc1csc(N2CCC(C)(C)C2)n1. The van der Waals surface area contributed by atoms with E-state index in [1.54, 1.807) is 11.3 Å². The normalized spacial score (nSPS) is 19.2. The standard InChI is InChI=1S/C13H23N3S/c1-10(2)14-7-11-8-17-12(15-11)16-6-5-13(3,4)9-16/h8,10,14H,5-7,9H2,1-4H3. The minimum atomic E-state index is 0.446. The molecular formula is C13H23N3S. The fraction of sp³-hybridized carbons (Fsp3) is 0.769. The van der Waals surface area contributed by atoms with Crippen molar-refractivity contribution < 1.29 is 0 Å². The Labute approximate surface area is 108 Å². The maximum Gasteiger partial charge on any atom is 0.185 e. The van der Waals surface area contributed by atoms with E-state index in [0.29, 0.717) is 11.5 Å². The van der Waals surface area contributed by atoms with Gasteiger partial charge in [0.15, 0.2) is 5.13 Å². The number of thiazole rings is 1. The highest BCUT2D eigenvalue weighted by Crippen LogP contribution is 2.33. The summed E-state index contributed by atoms with van der Waals surface area (Å²) in [5.41, 5.74) is 1.62. The van der Waals surface area contributed by atoms with E-state index in [0.717, 1.165) is 19.6 Å². The summed E-state index contributed by atoms with van der Waals surface area (Å²) in [7, 11) is 0. The molecule has 2 heterocycles. The maximum atomic E-state index is 4.71. The Bertz CT molecular complexity index is 370. The Kier molecular flexibility index (Phi) is 3.73. The van der Waals surface area contributed by atoms with E-state index in [4.69, 9.17) is 4.98 Å². The van der Waals surface area contributed by atoms with Crippen LogP contribution in [0.25, 0.3) is 0 Å². The molecule has 1 aliphatic heterocycles. The van der Waals surface area contributed by atoms with Crippen molar-refractivity contribution in [3.8, 4) is 0 Å². The summed E-state index contributed by atoms with van der Waals surface area (Å²) in [5, 5.41) is 6.78. The van der Waals surface area contributed by atoms with Gasteiger partial charge in [0.2, 0.25) is 0 Å². The van der Waals surface area contributed by atoms with Crippen molar-refractivity contribution in [3.63, 3.8) is 0 Å². The highest BCUT2D eigenvalue weighted by molar-refractivity contribution is 7.13. The van der Waals surface area contributed by atoms with Crippen LogP contribution in [0.2, 0.25) is 0 Å². The molecule has 1 saturated heterocycles. The van der Waals surface area contributed by atoms with Gasteiger partial charge in [0.05, 0.1) is 5.69 Å². The van der Waals surface area contributed by atoms with Gasteiger partial charge in [0.1, 0.15) is 0 Å². The largest absolute Gasteiger partial charge is 0.348 e. The Balaban J connectivity index is 1.94. The zero-order chi connectivity index (χ0) is 12.5. The first-order valence-corrected chi connectivity index (χ1v) is 7.27. The summed E-state index contributed by atoms with van der Waals surface area (Å²) in [6.45, 7) is 12.2. The number of nitrogens with one attached hydrogen (secondary N) is 1. The zero-order valence-electron chi connectivity index (χ0n) is 11.3. The molecule has 0 atom stereocenters. The van der Waals surface area contributed by atoms with E-state index in [9.17, 15) is 0 Å². The van der Waals surface area contributed by atoms with Gasteiger partial charge < -0.3 is 10.2 Å². The number of rotatable bonds is 4. The van der Waals surface area contributed by atoms with Crippen LogP contribution in [0.5, 0.6) is 0 Å². The van der Waals surface area contributed by atoms with Crippen molar-refractivity contribution in [3.05, 3.63) is 11.1 Å². The summed E-state index contributed by atoms with van der Waals surface area (Å²) in [6, 6.07) is 0.519. The molecule has 0 saturated carbocycles. The first kappa shape index (κ1) is 12.8. The predicted molar refractivity (Wildman–Crippen MR) is 74.7 cm³/mol. The van der Waals surface area contributed by atoms with E-state index in [1.807, 2.05) is 0 Å². The molecule has 0 aliphatic carbocycles. The number of nitrogens with zero attached hydrogens (tertiary/aromatic N) is 2. The van der Waals surface area contributed by atoms with Gasteiger partial charge in [-0.3, -0.25) is 0 Å². The van der Waals surface area contributed by atoms with Gasteiger partial charge in [-0.15, -0.1) is 11.3 Å². The molecule has 2 rings (SSSR count). The van der Waals surface area contributed by atoms with Gasteiger partial charge in [-0.2, -0.15) is 0 Å². The molecule has 17 heavy (non-hydrogen) atoms. The quantitative estimate of drug-likeness (QED) is 0.894. The van der Waals surface area contributed by atoms with Gasteiger partial charge in [0.25, 0.3) is 0 Å². The van der Waals surface area contributed by atoms with E-state index >= 15 is 0 Å². The second kappa shape index (κ2) is 4.94. The van der Waals surface area contributed by atoms with E-state index in [1.165, 1.54) is 17.2 Å². The van der Waals surface area contributed by atoms with Gasteiger partial charge in [-0.1, -0.05) is 27.7 Å². The van der Waals surface area contributed by atoms with Crippen molar-refractivity contribution in [2.45, 2.75) is 46.7 Å². The number of hydrogen-bond donors (Lipinski definition) is 1. The predicted octanol–water partition coefficient (Wildman–Crippen LogP) is 2.88. The summed E-state index contributed by atoms with van der Waals surface area (Å²) in [6.07, 6.45) is 1.27. The molecular weight excluding hydrogens is 230 g/mol. The maximum absolute atomic E-state index is 4.71. The van der Waals surface area contributed by atoms with Crippen LogP contribution < -0.4 is 10.2 Å². The molecule has 0 amide bonds. The molecule has 0 aromatic carbocycles. The lowest BCUT2D eigenvalue weighted by molar-refractivity contribution is 0.418. The van der Waals surface area contributed by atoms with Crippen molar-refractivity contribution in [2.24, 2.45) is 5.41 Å². The molecule has 0 bridgehead atoms. The fourth-order valence-electron chi connectivity index (χ4n) is 2.11. The summed E-state index contributed by atoms with van der Waals surface area (Å²) in [5.74, 6) is 0. The van der Waals surface area contributed by atoms with Crippen LogP contribution in [0.15, 0.2) is 5.38 Å². The van der Waals surface area contributed by atoms with Crippen LogP contribution in [0.4, 0.5) is 5.13 Å². The average Bonchev–Trinajstić information content (AvgIpc) is 2.81. The minimum Gasteiger partial charge on any atom is -0.348 e. The third-order valence-electron chi connectivity index (χ3n) is 3.18. The van der Waals surface area contributed by atoms with Crippen LogP contribution >= 0.6 is 11.3 Å². The molecule has 1 aliphatic rings. The Morgan fingerprint density at radius 3 is 2.88 bits per heavy atom. The number of hydrogen-bond acceptors (Lipinski definition) is 4. The molecule has 1 N–H and O–H groups in total. The second-order valence-electron chi connectivity index (χ2n) is 5.99. The molecule has 0 spiro atoms. The lowest BCUT2D eigenvalue weighted by Gasteiger charge is -2.18. The fourth-order valence-corrected chi connectivity index (χ4v) is 2.96. The topological polar surface area (TPSA) is 28.2 Å². The lowest BCUT2D eigenvalue weighted by Crippen LogP contribution is -2.23. The average molecular weight is 253 g/mol. The van der Waals surface area contributed by atoms with Gasteiger partial charge in [-0.05, 0) is 11.8 Å². The van der Waals surface area contributed by atoms with E-state index in [2.05, 4.69) is 43.3 Å². The smallest absolute Gasteiger partial charge is 0.185 e.